The van der Waals surface area contributed by atoms with E-state index in [0.29, 0.717) is 61.0 Å². The molecule has 1 amide bonds. The highest BCUT2D eigenvalue weighted by molar-refractivity contribution is 5.93. The van der Waals surface area contributed by atoms with Crippen molar-refractivity contribution in [1.29, 1.82) is 0 Å². The van der Waals surface area contributed by atoms with Crippen molar-refractivity contribution in [3.8, 4) is 23.3 Å². The van der Waals surface area contributed by atoms with Crippen molar-refractivity contribution in [2.24, 2.45) is 0 Å². The van der Waals surface area contributed by atoms with Gasteiger partial charge in [-0.2, -0.15) is 15.0 Å². The quantitative estimate of drug-likeness (QED) is 0.608. The maximum atomic E-state index is 12.1. The van der Waals surface area contributed by atoms with Gasteiger partial charge in [0.05, 0.1) is 19.4 Å². The highest BCUT2D eigenvalue weighted by Gasteiger charge is 2.19. The second-order valence-corrected chi connectivity index (χ2v) is 7.06. The number of morpholine rings is 1. The summed E-state index contributed by atoms with van der Waals surface area (Å²) in [4.78, 5) is 36.5. The number of hydrogen-bond donors (Lipinski definition) is 2. The molecule has 0 spiro atoms. The van der Waals surface area contributed by atoms with E-state index >= 15 is 0 Å². The van der Waals surface area contributed by atoms with Gasteiger partial charge in [0.25, 0.3) is 5.91 Å². The molecule has 0 unspecified atom stereocenters. The van der Waals surface area contributed by atoms with Crippen LogP contribution in [0.1, 0.15) is 10.4 Å². The number of amides is 1. The first kappa shape index (κ1) is 20.5. The van der Waals surface area contributed by atoms with E-state index in [2.05, 4.69) is 30.2 Å². The van der Waals surface area contributed by atoms with Gasteiger partial charge in [-0.15, -0.1) is 0 Å². The molecule has 0 atom stereocenters. The molecule has 0 bridgehead atoms. The van der Waals surface area contributed by atoms with Gasteiger partial charge in [0.1, 0.15) is 11.4 Å². The fourth-order valence-electron chi connectivity index (χ4n) is 3.01. The minimum Gasteiger partial charge on any atom is -0.424 e. The Morgan fingerprint density at radius 3 is 2.55 bits per heavy atom. The van der Waals surface area contributed by atoms with Crippen molar-refractivity contribution in [1.82, 2.24) is 29.8 Å². The van der Waals surface area contributed by atoms with E-state index in [4.69, 9.17) is 9.47 Å². The van der Waals surface area contributed by atoms with E-state index in [-0.39, 0.29) is 11.9 Å². The van der Waals surface area contributed by atoms with Gasteiger partial charge in [-0.3, -0.25) is 4.79 Å². The highest BCUT2D eigenvalue weighted by Crippen LogP contribution is 2.24. The van der Waals surface area contributed by atoms with E-state index in [1.807, 2.05) is 4.90 Å². The molecule has 1 fully saturated rings. The lowest BCUT2D eigenvalue weighted by Crippen LogP contribution is -2.37. The molecule has 162 valence electrons. The fourth-order valence-corrected chi connectivity index (χ4v) is 3.01. The summed E-state index contributed by atoms with van der Waals surface area (Å²) in [6, 6.07) is 6.99. The predicted molar refractivity (Wildman–Crippen MR) is 115 cm³/mol. The molecule has 3 heterocycles. The topological polar surface area (TPSA) is 121 Å². The molecular formula is C20H24N8O3. The van der Waals surface area contributed by atoms with E-state index in [9.17, 15) is 4.79 Å². The first-order chi connectivity index (χ1) is 15.0. The Kier molecular flexibility index (Phi) is 5.94. The number of aromatic nitrogens is 5. The Morgan fingerprint density at radius 2 is 1.90 bits per heavy atom. The SMILES string of the molecule is CNc1ncc(-c2nc(Oc3ccc(C(=O)N(C)C)cc3)nc(N3CCOCC3)n2)[nH]1. The molecule has 11 nitrogen and oxygen atoms in total. The van der Waals surface area contributed by atoms with Crippen LogP contribution in [0.2, 0.25) is 0 Å². The number of imidazole rings is 1. The zero-order chi connectivity index (χ0) is 21.8. The molecule has 2 aromatic heterocycles. The molecule has 0 saturated carbocycles. The number of H-pyrrole nitrogens is 1. The van der Waals surface area contributed by atoms with E-state index in [1.165, 1.54) is 4.90 Å². The van der Waals surface area contributed by atoms with Crippen LogP contribution in [0.3, 0.4) is 0 Å². The molecule has 0 radical (unpaired) electrons. The summed E-state index contributed by atoms with van der Waals surface area (Å²) < 4.78 is 11.3. The lowest BCUT2D eigenvalue weighted by Gasteiger charge is -2.26. The van der Waals surface area contributed by atoms with E-state index in [1.54, 1.807) is 51.6 Å². The highest BCUT2D eigenvalue weighted by atomic mass is 16.5. The van der Waals surface area contributed by atoms with Crippen LogP contribution < -0.4 is 15.0 Å². The fraction of sp³-hybridized carbons (Fsp3) is 0.350. The number of rotatable bonds is 6. The van der Waals surface area contributed by atoms with Crippen molar-refractivity contribution in [2.45, 2.75) is 0 Å². The van der Waals surface area contributed by atoms with Gasteiger partial charge in [-0.25, -0.2) is 4.98 Å². The second-order valence-electron chi connectivity index (χ2n) is 7.06. The summed E-state index contributed by atoms with van der Waals surface area (Å²) in [5.74, 6) is 1.96. The molecule has 11 heteroatoms. The van der Waals surface area contributed by atoms with Crippen molar-refractivity contribution < 1.29 is 14.3 Å². The smallest absolute Gasteiger partial charge is 0.327 e. The lowest BCUT2D eigenvalue weighted by atomic mass is 10.2. The summed E-state index contributed by atoms with van der Waals surface area (Å²) in [5.41, 5.74) is 1.21. The van der Waals surface area contributed by atoms with Gasteiger partial charge in [-0.05, 0) is 24.3 Å². The van der Waals surface area contributed by atoms with Crippen LogP contribution in [-0.4, -0.2) is 83.2 Å². The summed E-state index contributed by atoms with van der Waals surface area (Å²) in [6.07, 6.45) is 1.65. The van der Waals surface area contributed by atoms with Crippen molar-refractivity contribution in [3.63, 3.8) is 0 Å². The Bertz CT molecular complexity index is 1040. The minimum absolute atomic E-state index is 0.0804. The minimum atomic E-state index is -0.0804. The van der Waals surface area contributed by atoms with Crippen molar-refractivity contribution >= 4 is 17.8 Å². The number of carbonyl (C=O) groups is 1. The molecule has 4 rings (SSSR count). The van der Waals surface area contributed by atoms with E-state index < -0.39 is 0 Å². The summed E-state index contributed by atoms with van der Waals surface area (Å²) in [5, 5.41) is 2.94. The molecule has 1 aliphatic heterocycles. The number of nitrogens with zero attached hydrogens (tertiary/aromatic N) is 6. The Hall–Kier alpha value is -3.73. The van der Waals surface area contributed by atoms with Crippen LogP contribution in [0, 0.1) is 0 Å². The monoisotopic (exact) mass is 424 g/mol. The number of carbonyl (C=O) groups excluding carboxylic acids is 1. The molecule has 1 aromatic carbocycles. The number of benzene rings is 1. The Morgan fingerprint density at radius 1 is 1.16 bits per heavy atom. The van der Waals surface area contributed by atoms with Crippen LogP contribution in [-0.2, 0) is 4.74 Å². The normalized spacial score (nSPS) is 13.7. The molecular weight excluding hydrogens is 400 g/mol. The van der Waals surface area contributed by atoms with Crippen LogP contribution >= 0.6 is 0 Å². The lowest BCUT2D eigenvalue weighted by molar-refractivity contribution is 0.0827. The average Bonchev–Trinajstić information content (AvgIpc) is 3.29. The van der Waals surface area contributed by atoms with Gasteiger partial charge < -0.3 is 29.6 Å². The maximum absolute atomic E-state index is 12.1. The number of hydrogen-bond acceptors (Lipinski definition) is 9. The van der Waals surface area contributed by atoms with Gasteiger partial charge in [0.2, 0.25) is 5.95 Å². The molecule has 3 aromatic rings. The molecule has 31 heavy (non-hydrogen) atoms. The Balaban J connectivity index is 1.64. The second kappa shape index (κ2) is 8.96. The van der Waals surface area contributed by atoms with E-state index in [0.717, 1.165) is 0 Å². The average molecular weight is 424 g/mol. The van der Waals surface area contributed by atoms with Gasteiger partial charge >= 0.3 is 6.01 Å². The number of ether oxygens (including phenoxy) is 2. The summed E-state index contributed by atoms with van der Waals surface area (Å²) in [7, 11) is 5.19. The number of aromatic amines is 1. The maximum Gasteiger partial charge on any atom is 0.327 e. The zero-order valence-corrected chi connectivity index (χ0v) is 17.6. The van der Waals surface area contributed by atoms with Gasteiger partial charge in [0, 0.05) is 39.8 Å². The van der Waals surface area contributed by atoms with Crippen LogP contribution in [0.15, 0.2) is 30.5 Å². The van der Waals surface area contributed by atoms with Crippen molar-refractivity contribution in [3.05, 3.63) is 36.0 Å². The third-order valence-corrected chi connectivity index (χ3v) is 4.67. The third kappa shape index (κ3) is 4.72. The molecule has 2 N–H and O–H groups in total. The third-order valence-electron chi connectivity index (χ3n) is 4.67. The number of anilines is 2. The number of nitrogens with one attached hydrogen (secondary N) is 2. The zero-order valence-electron chi connectivity index (χ0n) is 17.6. The Labute approximate surface area is 179 Å². The molecule has 1 aliphatic rings. The van der Waals surface area contributed by atoms with Gasteiger partial charge in [-0.1, -0.05) is 0 Å². The molecule has 0 aliphatic carbocycles. The van der Waals surface area contributed by atoms with Crippen LogP contribution in [0.5, 0.6) is 11.8 Å². The van der Waals surface area contributed by atoms with Crippen molar-refractivity contribution in [2.75, 3.05) is 57.7 Å². The predicted octanol–water partition coefficient (Wildman–Crippen LogP) is 1.63. The first-order valence-electron chi connectivity index (χ1n) is 9.85. The summed E-state index contributed by atoms with van der Waals surface area (Å²) >= 11 is 0. The summed E-state index contributed by atoms with van der Waals surface area (Å²) in [6.45, 7) is 2.56. The van der Waals surface area contributed by atoms with Crippen LogP contribution in [0.4, 0.5) is 11.9 Å². The van der Waals surface area contributed by atoms with Gasteiger partial charge in [0.15, 0.2) is 11.8 Å². The standard InChI is InChI=1S/C20H24N8O3/c1-21-18-22-12-15(23-18)16-24-19(28-8-10-30-11-9-28)26-20(25-16)31-14-6-4-13(5-7-14)17(29)27(2)3/h4-7,12H,8-11H2,1-3H3,(H2,21,22,23). The van der Waals surface area contributed by atoms with Crippen LogP contribution in [0.25, 0.3) is 11.5 Å². The first-order valence-corrected chi connectivity index (χ1v) is 9.85. The molecule has 1 saturated heterocycles. The largest absolute Gasteiger partial charge is 0.424 e.